The second kappa shape index (κ2) is 20.6. The number of aromatic nitrogens is 2. The lowest BCUT2D eigenvalue weighted by molar-refractivity contribution is -0.133. The van der Waals surface area contributed by atoms with Crippen molar-refractivity contribution in [3.05, 3.63) is 54.1 Å². The molecule has 44 heavy (non-hydrogen) atoms. The Morgan fingerprint density at radius 3 is 2.34 bits per heavy atom. The van der Waals surface area contributed by atoms with E-state index in [9.17, 15) is 24.0 Å². The van der Waals surface area contributed by atoms with Crippen LogP contribution in [-0.4, -0.2) is 84.7 Å². The van der Waals surface area contributed by atoms with Crippen molar-refractivity contribution in [1.29, 1.82) is 0 Å². The highest BCUT2D eigenvalue weighted by Gasteiger charge is 2.30. The van der Waals surface area contributed by atoms with Crippen LogP contribution in [0, 0.1) is 5.92 Å². The van der Waals surface area contributed by atoms with Crippen molar-refractivity contribution < 1.29 is 33.4 Å². The third-order valence-electron chi connectivity index (χ3n) is 6.79. The Balaban J connectivity index is 1.80. The average molecular weight is 616 g/mol. The molecule has 0 radical (unpaired) electrons. The molecule has 7 N–H and O–H groups in total. The number of carbonyl (C=O) groups excluding carboxylic acids is 5. The molecule has 0 fully saturated rings. The number of primary amides is 1. The van der Waals surface area contributed by atoms with Gasteiger partial charge in [0.25, 0.3) is 0 Å². The Morgan fingerprint density at radius 2 is 1.66 bits per heavy atom. The fourth-order valence-electron chi connectivity index (χ4n) is 4.06. The number of benzene rings is 1. The number of nitrogens with one attached hydrogen (secondary N) is 5. The number of hydrogen-bond acceptors (Lipinski definition) is 8. The molecular weight excluding hydrogens is 570 g/mol. The molecule has 0 saturated carbocycles. The number of nitrogens with zero attached hydrogens (tertiary/aromatic N) is 1. The summed E-state index contributed by atoms with van der Waals surface area (Å²) in [6.07, 6.45) is 4.63. The van der Waals surface area contributed by atoms with Crippen LogP contribution in [0.15, 0.2) is 42.9 Å². The molecule has 1 aromatic heterocycles. The molecular formula is C30H45N7O7. The van der Waals surface area contributed by atoms with Gasteiger partial charge >= 0.3 is 0 Å². The number of hydrogen-bond donors (Lipinski definition) is 6. The summed E-state index contributed by atoms with van der Waals surface area (Å²) < 4.78 is 10.7. The highest BCUT2D eigenvalue weighted by atomic mass is 16.5. The van der Waals surface area contributed by atoms with Gasteiger partial charge in [-0.1, -0.05) is 50.6 Å². The van der Waals surface area contributed by atoms with Crippen LogP contribution in [-0.2, 0) is 46.3 Å². The Bertz CT molecular complexity index is 1160. The number of amides is 5. The van der Waals surface area contributed by atoms with Gasteiger partial charge in [-0.25, -0.2) is 4.98 Å². The summed E-state index contributed by atoms with van der Waals surface area (Å²) in [6, 6.07) is 7.88. The number of aryl methyl sites for hydroxylation is 1. The monoisotopic (exact) mass is 615 g/mol. The number of aromatic amines is 1. The third kappa shape index (κ3) is 14.7. The normalized spacial score (nSPS) is 12.9. The lowest BCUT2D eigenvalue weighted by Gasteiger charge is -2.26. The lowest BCUT2D eigenvalue weighted by atomic mass is 9.97. The summed E-state index contributed by atoms with van der Waals surface area (Å²) in [5, 5.41) is 10.9. The second-order valence-corrected chi connectivity index (χ2v) is 10.3. The van der Waals surface area contributed by atoms with E-state index in [2.05, 4.69) is 31.2 Å². The molecule has 1 aromatic carbocycles. The van der Waals surface area contributed by atoms with E-state index in [0.29, 0.717) is 18.5 Å². The Labute approximate surface area is 257 Å². The van der Waals surface area contributed by atoms with Gasteiger partial charge in [0, 0.05) is 44.1 Å². The Kier molecular flexibility index (Phi) is 16.8. The topological polar surface area (TPSA) is 207 Å². The van der Waals surface area contributed by atoms with Crippen LogP contribution in [0.5, 0.6) is 0 Å². The zero-order chi connectivity index (χ0) is 32.2. The quantitative estimate of drug-likeness (QED) is 0.0788. The molecule has 14 nitrogen and oxygen atoms in total. The second-order valence-electron chi connectivity index (χ2n) is 10.3. The SMILES string of the molecule is CCC(C)[C@H](NC(=O)[C@H](Cc1cnc[nH]1)NC(=O)CCc1ccccc1)C(=O)NCCOCCOCNC(=O)CCC(N)=O. The number of ether oxygens (including phenoxy) is 2. The number of rotatable bonds is 22. The van der Waals surface area contributed by atoms with Crippen molar-refractivity contribution in [2.45, 2.75) is 64.5 Å². The van der Waals surface area contributed by atoms with Crippen LogP contribution in [0.4, 0.5) is 0 Å². The maximum absolute atomic E-state index is 13.4. The predicted molar refractivity (Wildman–Crippen MR) is 162 cm³/mol. The van der Waals surface area contributed by atoms with E-state index >= 15 is 0 Å². The first-order valence-electron chi connectivity index (χ1n) is 14.8. The van der Waals surface area contributed by atoms with E-state index in [0.717, 1.165) is 5.56 Å². The molecule has 2 rings (SSSR count). The third-order valence-corrected chi connectivity index (χ3v) is 6.79. The van der Waals surface area contributed by atoms with Gasteiger partial charge in [-0.2, -0.15) is 0 Å². The minimum Gasteiger partial charge on any atom is -0.377 e. The first-order valence-corrected chi connectivity index (χ1v) is 14.8. The van der Waals surface area contributed by atoms with E-state index in [1.165, 1.54) is 6.33 Å². The van der Waals surface area contributed by atoms with Gasteiger partial charge < -0.3 is 41.5 Å². The van der Waals surface area contributed by atoms with E-state index in [1.54, 1.807) is 6.20 Å². The Morgan fingerprint density at radius 1 is 0.909 bits per heavy atom. The average Bonchev–Trinajstić information content (AvgIpc) is 3.53. The van der Waals surface area contributed by atoms with E-state index in [-0.39, 0.29) is 82.4 Å². The minimum absolute atomic E-state index is 0.00128. The molecule has 0 saturated heterocycles. The fraction of sp³-hybridized carbons (Fsp3) is 0.533. The maximum atomic E-state index is 13.4. The van der Waals surface area contributed by atoms with Crippen LogP contribution in [0.2, 0.25) is 0 Å². The zero-order valence-corrected chi connectivity index (χ0v) is 25.4. The summed E-state index contributed by atoms with van der Waals surface area (Å²) in [4.78, 5) is 68.4. The summed E-state index contributed by atoms with van der Waals surface area (Å²) >= 11 is 0. The van der Waals surface area contributed by atoms with Crippen molar-refractivity contribution in [1.82, 2.24) is 31.2 Å². The molecule has 2 aromatic rings. The highest BCUT2D eigenvalue weighted by Crippen LogP contribution is 2.10. The van der Waals surface area contributed by atoms with Crippen molar-refractivity contribution in [3.63, 3.8) is 0 Å². The molecule has 5 amide bonds. The molecule has 0 aliphatic rings. The molecule has 14 heteroatoms. The highest BCUT2D eigenvalue weighted by molar-refractivity contribution is 5.92. The predicted octanol–water partition coefficient (Wildman–Crippen LogP) is 0.0893. The van der Waals surface area contributed by atoms with Crippen molar-refractivity contribution in [3.8, 4) is 0 Å². The summed E-state index contributed by atoms with van der Waals surface area (Å²) in [7, 11) is 0. The molecule has 0 spiro atoms. The van der Waals surface area contributed by atoms with E-state index < -0.39 is 23.9 Å². The molecule has 1 unspecified atom stereocenters. The Hall–Kier alpha value is -4.30. The van der Waals surface area contributed by atoms with Crippen LogP contribution in [0.3, 0.4) is 0 Å². The first kappa shape index (κ1) is 35.9. The molecule has 3 atom stereocenters. The van der Waals surface area contributed by atoms with Crippen molar-refractivity contribution >= 4 is 29.5 Å². The van der Waals surface area contributed by atoms with Crippen LogP contribution in [0.25, 0.3) is 0 Å². The molecule has 0 aliphatic carbocycles. The number of nitrogens with two attached hydrogens (primary N) is 1. The smallest absolute Gasteiger partial charge is 0.243 e. The van der Waals surface area contributed by atoms with Crippen molar-refractivity contribution in [2.24, 2.45) is 11.7 Å². The van der Waals surface area contributed by atoms with E-state index in [1.807, 2.05) is 44.2 Å². The number of imidazole rings is 1. The van der Waals surface area contributed by atoms with Gasteiger partial charge in [0.15, 0.2) is 0 Å². The van der Waals surface area contributed by atoms with Gasteiger partial charge in [0.2, 0.25) is 29.5 Å². The van der Waals surface area contributed by atoms with Crippen LogP contribution >= 0.6 is 0 Å². The maximum Gasteiger partial charge on any atom is 0.243 e. The first-order chi connectivity index (χ1) is 21.2. The summed E-state index contributed by atoms with van der Waals surface area (Å²) in [5.41, 5.74) is 6.69. The largest absolute Gasteiger partial charge is 0.377 e. The van der Waals surface area contributed by atoms with E-state index in [4.69, 9.17) is 15.2 Å². The molecule has 0 aliphatic heterocycles. The standard InChI is InChI=1S/C30H45N7O7/c1-3-21(2)28(30(42)33-13-14-43-15-16-44-20-35-26(39)12-10-25(31)38)37-29(41)24(17-23-18-32-19-34-23)36-27(40)11-9-22-7-5-4-6-8-22/h4-8,18-19,21,24,28H,3,9-17,20H2,1-2H3,(H2,31,38)(H,32,34)(H,33,42)(H,35,39)(H,36,40)(H,37,41)/t21?,24-,28-/m0/s1. The van der Waals surface area contributed by atoms with Crippen LogP contribution < -0.4 is 27.0 Å². The molecule has 0 bridgehead atoms. The van der Waals surface area contributed by atoms with Gasteiger partial charge in [-0.3, -0.25) is 24.0 Å². The fourth-order valence-corrected chi connectivity index (χ4v) is 4.06. The minimum atomic E-state index is -0.908. The van der Waals surface area contributed by atoms with Gasteiger partial charge in [-0.15, -0.1) is 0 Å². The molecule has 1 heterocycles. The number of H-pyrrole nitrogens is 1. The summed E-state index contributed by atoms with van der Waals surface area (Å²) in [5.74, 6) is -2.16. The van der Waals surface area contributed by atoms with Gasteiger partial charge in [0.05, 0.1) is 26.1 Å². The zero-order valence-electron chi connectivity index (χ0n) is 25.4. The lowest BCUT2D eigenvalue weighted by Crippen LogP contribution is -2.56. The van der Waals surface area contributed by atoms with Crippen LogP contribution in [0.1, 0.15) is 50.8 Å². The summed E-state index contributed by atoms with van der Waals surface area (Å²) in [6.45, 7) is 4.63. The molecule has 242 valence electrons. The van der Waals surface area contributed by atoms with Gasteiger partial charge in [0.1, 0.15) is 18.8 Å². The number of carbonyl (C=O) groups is 5. The van der Waals surface area contributed by atoms with Crippen molar-refractivity contribution in [2.75, 3.05) is 33.1 Å². The van der Waals surface area contributed by atoms with Gasteiger partial charge in [-0.05, 0) is 17.9 Å².